The average Bonchev–Trinajstić information content (AvgIpc) is 2.59. The van der Waals surface area contributed by atoms with Crippen molar-refractivity contribution in [3.63, 3.8) is 0 Å². The largest absolute Gasteiger partial charge is 1.00 e. The standard InChI is InChI=1S/C7H4F3.2C6H5.BrH.Pd/c8-7(9,10)6-4-2-1-3-5-6;2*1-2-4-6-5-3-1;;/h1-4H;2*1-5H;1H;/q3*-1;;/p-1. The number of halogens is 4. The van der Waals surface area contributed by atoms with Gasteiger partial charge in [-0.2, -0.15) is 116 Å². The molecule has 0 saturated carbocycles. The molecule has 0 bridgehead atoms. The van der Waals surface area contributed by atoms with E-state index >= 15 is 0 Å². The molecule has 3 rings (SSSR count). The third-order valence-corrected chi connectivity index (χ3v) is 2.23. The van der Waals surface area contributed by atoms with Crippen LogP contribution in [-0.2, 0) is 26.6 Å². The van der Waals surface area contributed by atoms with Gasteiger partial charge in [-0.25, -0.2) is 0 Å². The van der Waals surface area contributed by atoms with Gasteiger partial charge < -0.3 is 17.0 Å². The first-order valence-electron chi connectivity index (χ1n) is 6.47. The van der Waals surface area contributed by atoms with Crippen molar-refractivity contribution in [3.05, 3.63) is 109 Å². The van der Waals surface area contributed by atoms with Gasteiger partial charge in [0.1, 0.15) is 0 Å². The Morgan fingerprint density at radius 3 is 1.21 bits per heavy atom. The van der Waals surface area contributed by atoms with E-state index in [1.165, 1.54) is 18.2 Å². The summed E-state index contributed by atoms with van der Waals surface area (Å²) in [6.07, 6.45) is -4.26. The molecule has 0 amide bonds. The number of rotatable bonds is 0. The monoisotopic (exact) mass is 484 g/mol. The normalized spacial score (nSPS) is 8.79. The summed E-state index contributed by atoms with van der Waals surface area (Å²) < 4.78 is 35.3. The molecule has 0 fully saturated rings. The van der Waals surface area contributed by atoms with Gasteiger partial charge in [0.15, 0.2) is 0 Å². The van der Waals surface area contributed by atoms with Crippen molar-refractivity contribution >= 4 is 0 Å². The van der Waals surface area contributed by atoms with Crippen molar-refractivity contribution in [2.45, 2.75) is 6.18 Å². The number of hydrogen-bond acceptors (Lipinski definition) is 0. The summed E-state index contributed by atoms with van der Waals surface area (Å²) in [7, 11) is 0. The number of hydrogen-bond donors (Lipinski definition) is 0. The van der Waals surface area contributed by atoms with E-state index in [1.54, 1.807) is 0 Å². The molecular weight excluding hydrogens is 472 g/mol. The number of benzene rings is 3. The van der Waals surface area contributed by atoms with E-state index in [2.05, 4.69) is 18.2 Å². The second kappa shape index (κ2) is 15.1. The van der Waals surface area contributed by atoms with Crippen LogP contribution in [0.15, 0.2) is 84.9 Å². The molecule has 3 aromatic rings. The minimum Gasteiger partial charge on any atom is -1.00 e. The molecular formula is C19H14BrF3Pd-4. The molecule has 0 heterocycles. The van der Waals surface area contributed by atoms with E-state index in [0.29, 0.717) is 0 Å². The summed E-state index contributed by atoms with van der Waals surface area (Å²) in [6.45, 7) is 0. The van der Waals surface area contributed by atoms with E-state index in [4.69, 9.17) is 0 Å². The average molecular weight is 486 g/mol. The zero-order chi connectivity index (χ0) is 16.1. The van der Waals surface area contributed by atoms with Crippen molar-refractivity contribution in [1.29, 1.82) is 0 Å². The van der Waals surface area contributed by atoms with Crippen LogP contribution in [-0.4, -0.2) is 0 Å². The Bertz CT molecular complexity index is 502. The predicted molar refractivity (Wildman–Crippen MR) is 80.8 cm³/mol. The molecule has 0 radical (unpaired) electrons. The van der Waals surface area contributed by atoms with Gasteiger partial charge in [0.05, 0.1) is 0 Å². The topological polar surface area (TPSA) is 0 Å². The van der Waals surface area contributed by atoms with Gasteiger partial charge >= 0.3 is 6.18 Å². The van der Waals surface area contributed by atoms with Crippen LogP contribution in [0.1, 0.15) is 5.56 Å². The Morgan fingerprint density at radius 2 is 1.04 bits per heavy atom. The first-order chi connectivity index (χ1) is 10.6. The van der Waals surface area contributed by atoms with Gasteiger partial charge in [-0.3, -0.25) is 0 Å². The molecule has 0 spiro atoms. The summed E-state index contributed by atoms with van der Waals surface area (Å²) >= 11 is 0. The fourth-order valence-corrected chi connectivity index (χ4v) is 1.25. The maximum Gasteiger partial charge on any atom is 0.394 e. The van der Waals surface area contributed by atoms with Crippen LogP contribution in [0.25, 0.3) is 0 Å². The summed E-state index contributed by atoms with van der Waals surface area (Å²) in [5.74, 6) is 0. The third-order valence-electron chi connectivity index (χ3n) is 2.23. The molecule has 24 heavy (non-hydrogen) atoms. The van der Waals surface area contributed by atoms with Crippen LogP contribution in [0.2, 0.25) is 0 Å². The SMILES string of the molecule is FC(F)(F)c1[c-]cccc1.[Br-].[Pd].[c-]1ccccc1.[c-]1ccccc1. The zero-order valence-corrected chi connectivity index (χ0v) is 15.6. The predicted octanol–water partition coefficient (Wildman–Crippen LogP) is 2.48. The third kappa shape index (κ3) is 13.1. The van der Waals surface area contributed by atoms with Crippen molar-refractivity contribution < 1.29 is 50.6 Å². The molecule has 0 N–H and O–H groups in total. The van der Waals surface area contributed by atoms with Gasteiger partial charge in [0, 0.05) is 20.4 Å². The molecule has 0 atom stereocenters. The smallest absolute Gasteiger partial charge is 0.394 e. The summed E-state index contributed by atoms with van der Waals surface area (Å²) in [4.78, 5) is 0. The fraction of sp³-hybridized carbons (Fsp3) is 0.0526. The molecule has 0 aromatic heterocycles. The van der Waals surface area contributed by atoms with E-state index in [-0.39, 0.29) is 37.4 Å². The maximum absolute atomic E-state index is 11.8. The van der Waals surface area contributed by atoms with Gasteiger partial charge in [-0.1, -0.05) is 5.56 Å². The van der Waals surface area contributed by atoms with Crippen LogP contribution < -0.4 is 17.0 Å². The Kier molecular flexibility index (Phi) is 15.7. The van der Waals surface area contributed by atoms with Gasteiger partial charge in [-0.15, -0.1) is 0 Å². The molecule has 132 valence electrons. The van der Waals surface area contributed by atoms with Crippen molar-refractivity contribution in [2.75, 3.05) is 0 Å². The molecule has 3 aromatic carbocycles. The Hall–Kier alpha value is -1.41. The molecule has 0 aliphatic rings. The molecule has 0 saturated heterocycles. The quantitative estimate of drug-likeness (QED) is 0.339. The van der Waals surface area contributed by atoms with Crippen LogP contribution in [0.4, 0.5) is 13.2 Å². The maximum atomic E-state index is 11.8. The van der Waals surface area contributed by atoms with Gasteiger partial charge in [-0.05, 0) is 0 Å². The molecule has 0 nitrogen and oxygen atoms in total. The van der Waals surface area contributed by atoms with Crippen LogP contribution >= 0.6 is 0 Å². The summed E-state index contributed by atoms with van der Waals surface area (Å²) in [5.41, 5.74) is -0.727. The van der Waals surface area contributed by atoms with Gasteiger partial charge in [0.2, 0.25) is 0 Å². The van der Waals surface area contributed by atoms with Crippen molar-refractivity contribution in [1.82, 2.24) is 0 Å². The zero-order valence-electron chi connectivity index (χ0n) is 12.4. The molecule has 5 heteroatoms. The Balaban J connectivity index is 0. The van der Waals surface area contributed by atoms with E-state index in [1.807, 2.05) is 60.7 Å². The Morgan fingerprint density at radius 1 is 0.625 bits per heavy atom. The van der Waals surface area contributed by atoms with Crippen LogP contribution in [0.3, 0.4) is 0 Å². The van der Waals surface area contributed by atoms with Crippen LogP contribution in [0.5, 0.6) is 0 Å². The fourth-order valence-electron chi connectivity index (χ4n) is 1.25. The van der Waals surface area contributed by atoms with Gasteiger partial charge in [0.25, 0.3) is 0 Å². The minimum absolute atomic E-state index is 0. The second-order valence-electron chi connectivity index (χ2n) is 3.93. The summed E-state index contributed by atoms with van der Waals surface area (Å²) in [5, 5.41) is 0. The molecule has 0 aliphatic heterocycles. The second-order valence-corrected chi connectivity index (χ2v) is 3.93. The number of alkyl halides is 3. The van der Waals surface area contributed by atoms with Crippen LogP contribution in [0, 0.1) is 18.2 Å². The first-order valence-corrected chi connectivity index (χ1v) is 6.47. The first kappa shape index (κ1) is 24.8. The van der Waals surface area contributed by atoms with E-state index < -0.39 is 11.7 Å². The summed E-state index contributed by atoms with van der Waals surface area (Å²) in [6, 6.07) is 32.1. The van der Waals surface area contributed by atoms with E-state index in [0.717, 1.165) is 6.07 Å². The molecule has 0 aliphatic carbocycles. The molecule has 0 unspecified atom stereocenters. The van der Waals surface area contributed by atoms with E-state index in [9.17, 15) is 13.2 Å². The van der Waals surface area contributed by atoms with Crippen molar-refractivity contribution in [3.8, 4) is 0 Å². The van der Waals surface area contributed by atoms with Crippen molar-refractivity contribution in [2.24, 2.45) is 0 Å². The Labute approximate surface area is 165 Å². The minimum atomic E-state index is -4.26.